The number of rotatable bonds is 5. The maximum absolute atomic E-state index is 6.24. The topological polar surface area (TPSA) is 33.7 Å². The minimum absolute atomic E-state index is 0.558. The zero-order chi connectivity index (χ0) is 15.4. The van der Waals surface area contributed by atoms with Gasteiger partial charge in [0.05, 0.1) is 19.2 Å². The van der Waals surface area contributed by atoms with Crippen molar-refractivity contribution in [3.8, 4) is 11.5 Å². The fourth-order valence-corrected chi connectivity index (χ4v) is 3.12. The molecule has 0 aliphatic carbocycles. The number of hydrogen-bond acceptors (Lipinski definition) is 4. The second kappa shape index (κ2) is 7.34. The van der Waals surface area contributed by atoms with Gasteiger partial charge in [0, 0.05) is 18.6 Å². The van der Waals surface area contributed by atoms with Crippen molar-refractivity contribution >= 4 is 11.6 Å². The van der Waals surface area contributed by atoms with Gasteiger partial charge in [0.1, 0.15) is 0 Å². The van der Waals surface area contributed by atoms with Gasteiger partial charge in [-0.05, 0) is 51.1 Å². The Balaban J connectivity index is 1.99. The van der Waals surface area contributed by atoms with Crippen molar-refractivity contribution in [3.63, 3.8) is 0 Å². The molecule has 2 unspecified atom stereocenters. The predicted molar refractivity (Wildman–Crippen MR) is 86.5 cm³/mol. The van der Waals surface area contributed by atoms with Crippen molar-refractivity contribution in [2.75, 3.05) is 27.8 Å². The average molecular weight is 313 g/mol. The molecule has 0 radical (unpaired) electrons. The maximum atomic E-state index is 6.24. The summed E-state index contributed by atoms with van der Waals surface area (Å²) in [6.45, 7) is 4.22. The molecular weight excluding hydrogens is 288 g/mol. The molecule has 0 amide bonds. The van der Waals surface area contributed by atoms with Gasteiger partial charge in [-0.2, -0.15) is 0 Å². The first-order chi connectivity index (χ1) is 10.0. The van der Waals surface area contributed by atoms with Gasteiger partial charge in [0.2, 0.25) is 0 Å². The van der Waals surface area contributed by atoms with Gasteiger partial charge in [-0.15, -0.1) is 0 Å². The molecule has 1 saturated heterocycles. The summed E-state index contributed by atoms with van der Waals surface area (Å²) in [5.74, 6) is 1.27. The van der Waals surface area contributed by atoms with E-state index in [1.165, 1.54) is 12.8 Å². The molecule has 0 saturated carbocycles. The molecule has 0 spiro atoms. The van der Waals surface area contributed by atoms with Crippen LogP contribution < -0.4 is 14.8 Å². The number of piperidine rings is 1. The van der Waals surface area contributed by atoms with E-state index in [0.717, 1.165) is 18.7 Å². The highest BCUT2D eigenvalue weighted by molar-refractivity contribution is 6.32. The Hall–Kier alpha value is -0.970. The van der Waals surface area contributed by atoms with Crippen LogP contribution in [0, 0.1) is 0 Å². The van der Waals surface area contributed by atoms with Crippen LogP contribution in [-0.2, 0) is 6.54 Å². The van der Waals surface area contributed by atoms with Crippen LogP contribution in [-0.4, -0.2) is 44.8 Å². The zero-order valence-corrected chi connectivity index (χ0v) is 14.0. The molecule has 1 N–H and O–H groups in total. The van der Waals surface area contributed by atoms with E-state index in [1.54, 1.807) is 14.2 Å². The Labute approximate surface area is 132 Å². The molecule has 1 fully saturated rings. The van der Waals surface area contributed by atoms with Crippen LogP contribution in [0.25, 0.3) is 0 Å². The molecule has 4 nitrogen and oxygen atoms in total. The van der Waals surface area contributed by atoms with E-state index in [1.807, 2.05) is 12.1 Å². The van der Waals surface area contributed by atoms with Gasteiger partial charge in [-0.25, -0.2) is 0 Å². The van der Waals surface area contributed by atoms with Crippen molar-refractivity contribution in [1.29, 1.82) is 0 Å². The van der Waals surface area contributed by atoms with Crippen LogP contribution in [0.1, 0.15) is 25.3 Å². The van der Waals surface area contributed by atoms with Gasteiger partial charge in [-0.3, -0.25) is 0 Å². The van der Waals surface area contributed by atoms with Gasteiger partial charge < -0.3 is 19.7 Å². The van der Waals surface area contributed by atoms with Crippen molar-refractivity contribution in [1.82, 2.24) is 10.2 Å². The van der Waals surface area contributed by atoms with Crippen LogP contribution in [0.3, 0.4) is 0 Å². The highest BCUT2D eigenvalue weighted by atomic mass is 35.5. The Morgan fingerprint density at radius 3 is 2.71 bits per heavy atom. The SMILES string of the molecule is COc1cc(CNC2CCN(C)C(C)C2)cc(Cl)c1OC. The van der Waals surface area contributed by atoms with Crippen molar-refractivity contribution < 1.29 is 9.47 Å². The van der Waals surface area contributed by atoms with Gasteiger partial charge in [0.25, 0.3) is 0 Å². The van der Waals surface area contributed by atoms with Crippen LogP contribution in [0.4, 0.5) is 0 Å². The molecule has 118 valence electrons. The minimum Gasteiger partial charge on any atom is -0.493 e. The monoisotopic (exact) mass is 312 g/mol. The minimum atomic E-state index is 0.558. The summed E-state index contributed by atoms with van der Waals surface area (Å²) in [6, 6.07) is 5.11. The van der Waals surface area contributed by atoms with Gasteiger partial charge in [0.15, 0.2) is 11.5 Å². The summed E-state index contributed by atoms with van der Waals surface area (Å²) in [7, 11) is 5.42. The Morgan fingerprint density at radius 1 is 1.33 bits per heavy atom. The summed E-state index contributed by atoms with van der Waals surface area (Å²) < 4.78 is 10.6. The van der Waals surface area contributed by atoms with Crippen LogP contribution >= 0.6 is 11.6 Å². The summed E-state index contributed by atoms with van der Waals surface area (Å²) in [4.78, 5) is 2.41. The van der Waals surface area contributed by atoms with E-state index in [4.69, 9.17) is 21.1 Å². The number of likely N-dealkylation sites (tertiary alicyclic amines) is 1. The molecule has 0 aromatic heterocycles. The van der Waals surface area contributed by atoms with Crippen LogP contribution in [0.15, 0.2) is 12.1 Å². The third kappa shape index (κ3) is 4.02. The van der Waals surface area contributed by atoms with E-state index < -0.39 is 0 Å². The highest BCUT2D eigenvalue weighted by Crippen LogP contribution is 2.36. The first-order valence-electron chi connectivity index (χ1n) is 7.39. The molecule has 1 aliphatic heterocycles. The molecular formula is C16H25ClN2O2. The normalized spacial score (nSPS) is 23.1. The number of ether oxygens (including phenoxy) is 2. The molecule has 21 heavy (non-hydrogen) atoms. The quantitative estimate of drug-likeness (QED) is 0.906. The van der Waals surface area contributed by atoms with E-state index in [-0.39, 0.29) is 0 Å². The average Bonchev–Trinajstić information content (AvgIpc) is 2.47. The summed E-state index contributed by atoms with van der Waals surface area (Å²) in [6.07, 6.45) is 2.36. The maximum Gasteiger partial charge on any atom is 0.179 e. The van der Waals surface area contributed by atoms with Crippen LogP contribution in [0.2, 0.25) is 5.02 Å². The Bertz CT molecular complexity index is 482. The highest BCUT2D eigenvalue weighted by Gasteiger charge is 2.22. The van der Waals surface area contributed by atoms with Crippen LogP contribution in [0.5, 0.6) is 11.5 Å². The first-order valence-corrected chi connectivity index (χ1v) is 7.77. The second-order valence-corrected chi connectivity index (χ2v) is 6.15. The molecule has 0 bridgehead atoms. The largest absolute Gasteiger partial charge is 0.493 e. The van der Waals surface area contributed by atoms with Gasteiger partial charge >= 0.3 is 0 Å². The fourth-order valence-electron chi connectivity index (χ4n) is 2.81. The number of methoxy groups -OCH3 is 2. The van der Waals surface area contributed by atoms with Gasteiger partial charge in [-0.1, -0.05) is 11.6 Å². The molecule has 2 rings (SSSR count). The number of nitrogens with zero attached hydrogens (tertiary/aromatic N) is 1. The lowest BCUT2D eigenvalue weighted by Crippen LogP contribution is -2.45. The molecule has 1 aliphatic rings. The summed E-state index contributed by atoms with van der Waals surface area (Å²) in [5.41, 5.74) is 1.12. The predicted octanol–water partition coefficient (Wildman–Crippen LogP) is 2.93. The Kier molecular flexibility index (Phi) is 5.73. The van der Waals surface area contributed by atoms with Crippen molar-refractivity contribution in [2.45, 2.75) is 38.4 Å². The lowest BCUT2D eigenvalue weighted by atomic mass is 9.98. The second-order valence-electron chi connectivity index (χ2n) is 5.74. The number of benzene rings is 1. The standard InChI is InChI=1S/C16H25ClN2O2/c1-11-7-13(5-6-19(11)2)18-10-12-8-14(17)16(21-4)15(9-12)20-3/h8-9,11,13,18H,5-7,10H2,1-4H3. The Morgan fingerprint density at radius 2 is 2.10 bits per heavy atom. The summed E-state index contributed by atoms with van der Waals surface area (Å²) in [5, 5.41) is 4.21. The molecule has 1 heterocycles. The smallest absolute Gasteiger partial charge is 0.179 e. The molecule has 1 aromatic rings. The van der Waals surface area contributed by atoms with E-state index in [9.17, 15) is 0 Å². The lowest BCUT2D eigenvalue weighted by Gasteiger charge is -2.35. The molecule has 2 atom stereocenters. The molecule has 1 aromatic carbocycles. The lowest BCUT2D eigenvalue weighted by molar-refractivity contribution is 0.168. The first kappa shape index (κ1) is 16.4. The van der Waals surface area contributed by atoms with Crippen molar-refractivity contribution in [3.05, 3.63) is 22.7 Å². The third-order valence-corrected chi connectivity index (χ3v) is 4.58. The van der Waals surface area contributed by atoms with Crippen molar-refractivity contribution in [2.24, 2.45) is 0 Å². The summed E-state index contributed by atoms with van der Waals surface area (Å²) >= 11 is 6.24. The van der Waals surface area contributed by atoms with E-state index >= 15 is 0 Å². The van der Waals surface area contributed by atoms with E-state index in [0.29, 0.717) is 28.6 Å². The fraction of sp³-hybridized carbons (Fsp3) is 0.625. The van der Waals surface area contributed by atoms with E-state index in [2.05, 4.69) is 24.2 Å². The number of nitrogens with one attached hydrogen (secondary N) is 1. The molecule has 5 heteroatoms. The number of hydrogen-bond donors (Lipinski definition) is 1. The zero-order valence-electron chi connectivity index (χ0n) is 13.3. The number of halogens is 1. The third-order valence-electron chi connectivity index (χ3n) is 4.30.